The van der Waals surface area contributed by atoms with Gasteiger partial charge in [-0.1, -0.05) is 6.92 Å². The number of hydrogen-bond donors (Lipinski definition) is 2. The molecule has 0 saturated carbocycles. The second-order valence-corrected chi connectivity index (χ2v) is 5.51. The standard InChI is InChI=1S/C15H20N2O3/c1-4-13-16-11-9-10(14(19)20)5-6-12(11)17(13)15(2,3)7-8-18/h5-6,9,18H,4,7-8H2,1-3H3,(H,19,20). The largest absolute Gasteiger partial charge is 0.478 e. The van der Waals surface area contributed by atoms with Crippen molar-refractivity contribution in [2.75, 3.05) is 6.61 Å². The number of rotatable bonds is 5. The SMILES string of the molecule is CCc1nc2cc(C(=O)O)ccc2n1C(C)(C)CCO. The number of aliphatic hydroxyl groups is 1. The minimum absolute atomic E-state index is 0.100. The van der Waals surface area contributed by atoms with Crippen LogP contribution in [0.1, 0.15) is 43.4 Å². The van der Waals surface area contributed by atoms with Crippen LogP contribution in [0.25, 0.3) is 11.0 Å². The van der Waals surface area contributed by atoms with Crippen molar-refractivity contribution in [2.24, 2.45) is 0 Å². The van der Waals surface area contributed by atoms with E-state index in [9.17, 15) is 9.90 Å². The number of fused-ring (bicyclic) bond motifs is 1. The second-order valence-electron chi connectivity index (χ2n) is 5.51. The molecule has 2 aromatic rings. The molecule has 0 radical (unpaired) electrons. The smallest absolute Gasteiger partial charge is 0.335 e. The van der Waals surface area contributed by atoms with E-state index in [0.717, 1.165) is 17.8 Å². The van der Waals surface area contributed by atoms with Crippen LogP contribution in [0.5, 0.6) is 0 Å². The molecule has 0 amide bonds. The van der Waals surface area contributed by atoms with Crippen LogP contribution in [0.3, 0.4) is 0 Å². The first kappa shape index (κ1) is 14.5. The van der Waals surface area contributed by atoms with Gasteiger partial charge in [-0.05, 0) is 38.5 Å². The Morgan fingerprint density at radius 3 is 2.65 bits per heavy atom. The highest BCUT2D eigenvalue weighted by atomic mass is 16.4. The van der Waals surface area contributed by atoms with E-state index >= 15 is 0 Å². The first-order valence-electron chi connectivity index (χ1n) is 6.76. The molecule has 1 aromatic heterocycles. The van der Waals surface area contributed by atoms with Crippen LogP contribution in [-0.4, -0.2) is 32.3 Å². The van der Waals surface area contributed by atoms with Crippen molar-refractivity contribution in [3.05, 3.63) is 29.6 Å². The molecule has 2 rings (SSSR count). The van der Waals surface area contributed by atoms with Crippen molar-refractivity contribution >= 4 is 17.0 Å². The number of imidazole rings is 1. The maximum Gasteiger partial charge on any atom is 0.335 e. The van der Waals surface area contributed by atoms with Crippen LogP contribution < -0.4 is 0 Å². The molecule has 0 fully saturated rings. The van der Waals surface area contributed by atoms with Gasteiger partial charge in [0.25, 0.3) is 0 Å². The van der Waals surface area contributed by atoms with E-state index < -0.39 is 5.97 Å². The highest BCUT2D eigenvalue weighted by Crippen LogP contribution is 2.28. The van der Waals surface area contributed by atoms with Crippen LogP contribution >= 0.6 is 0 Å². The summed E-state index contributed by atoms with van der Waals surface area (Å²) in [5, 5.41) is 18.3. The third kappa shape index (κ3) is 2.41. The summed E-state index contributed by atoms with van der Waals surface area (Å²) in [6.07, 6.45) is 1.37. The van der Waals surface area contributed by atoms with Crippen LogP contribution in [-0.2, 0) is 12.0 Å². The molecular weight excluding hydrogens is 256 g/mol. The van der Waals surface area contributed by atoms with E-state index in [1.807, 2.05) is 6.92 Å². The Bertz CT molecular complexity index is 644. The van der Waals surface area contributed by atoms with Crippen molar-refractivity contribution in [2.45, 2.75) is 39.2 Å². The van der Waals surface area contributed by atoms with Crippen molar-refractivity contribution in [1.82, 2.24) is 9.55 Å². The van der Waals surface area contributed by atoms with E-state index in [-0.39, 0.29) is 17.7 Å². The number of carboxylic acid groups (broad SMARTS) is 1. The zero-order valence-corrected chi connectivity index (χ0v) is 12.1. The summed E-state index contributed by atoms with van der Waals surface area (Å²) < 4.78 is 2.10. The summed E-state index contributed by atoms with van der Waals surface area (Å²) in [7, 11) is 0. The van der Waals surface area contributed by atoms with Crippen molar-refractivity contribution in [1.29, 1.82) is 0 Å². The van der Waals surface area contributed by atoms with Crippen LogP contribution in [0, 0.1) is 0 Å². The predicted octanol–water partition coefficient (Wildman–Crippen LogP) is 2.41. The molecule has 0 atom stereocenters. The van der Waals surface area contributed by atoms with Crippen molar-refractivity contribution in [3.63, 3.8) is 0 Å². The van der Waals surface area contributed by atoms with Gasteiger partial charge < -0.3 is 14.8 Å². The molecule has 5 heteroatoms. The Kier molecular flexibility index (Phi) is 3.81. The Morgan fingerprint density at radius 1 is 1.40 bits per heavy atom. The number of hydrogen-bond acceptors (Lipinski definition) is 3. The lowest BCUT2D eigenvalue weighted by atomic mass is 10.00. The molecule has 5 nitrogen and oxygen atoms in total. The number of carbonyl (C=O) groups is 1. The minimum atomic E-state index is -0.950. The first-order valence-corrected chi connectivity index (χ1v) is 6.76. The molecule has 0 aliphatic heterocycles. The van der Waals surface area contributed by atoms with E-state index in [2.05, 4.69) is 23.4 Å². The van der Waals surface area contributed by atoms with E-state index in [1.54, 1.807) is 18.2 Å². The topological polar surface area (TPSA) is 75.3 Å². The average Bonchev–Trinajstić information content (AvgIpc) is 2.76. The fraction of sp³-hybridized carbons (Fsp3) is 0.467. The van der Waals surface area contributed by atoms with Gasteiger partial charge in [-0.25, -0.2) is 9.78 Å². The van der Waals surface area contributed by atoms with E-state index in [4.69, 9.17) is 5.11 Å². The summed E-state index contributed by atoms with van der Waals surface area (Å²) in [6.45, 7) is 6.22. The maximum absolute atomic E-state index is 11.0. The summed E-state index contributed by atoms with van der Waals surface area (Å²) in [5.74, 6) is -0.0462. The quantitative estimate of drug-likeness (QED) is 0.879. The minimum Gasteiger partial charge on any atom is -0.478 e. The second kappa shape index (κ2) is 5.25. The lowest BCUT2D eigenvalue weighted by Crippen LogP contribution is -2.29. The molecule has 0 aliphatic rings. The Balaban J connectivity index is 2.67. The molecule has 1 aromatic carbocycles. The molecule has 1 heterocycles. The lowest BCUT2D eigenvalue weighted by molar-refractivity contribution is 0.0697. The number of aryl methyl sites for hydroxylation is 1. The summed E-state index contributed by atoms with van der Waals surface area (Å²) in [6, 6.07) is 4.99. The fourth-order valence-corrected chi connectivity index (χ4v) is 2.56. The third-order valence-electron chi connectivity index (χ3n) is 3.62. The third-order valence-corrected chi connectivity index (χ3v) is 3.62. The van der Waals surface area contributed by atoms with Gasteiger partial charge in [-0.15, -0.1) is 0 Å². The maximum atomic E-state index is 11.0. The van der Waals surface area contributed by atoms with Gasteiger partial charge in [0, 0.05) is 18.6 Å². The number of aromatic nitrogens is 2. The molecule has 0 spiro atoms. The van der Waals surface area contributed by atoms with Gasteiger partial charge in [-0.3, -0.25) is 0 Å². The molecule has 0 unspecified atom stereocenters. The van der Waals surface area contributed by atoms with E-state index in [1.165, 1.54) is 0 Å². The first-order chi connectivity index (χ1) is 9.40. The monoisotopic (exact) mass is 276 g/mol. The molecule has 20 heavy (non-hydrogen) atoms. The van der Waals surface area contributed by atoms with Gasteiger partial charge in [0.1, 0.15) is 5.82 Å². The zero-order valence-electron chi connectivity index (χ0n) is 12.1. The summed E-state index contributed by atoms with van der Waals surface area (Å²) >= 11 is 0. The molecule has 0 saturated heterocycles. The lowest BCUT2D eigenvalue weighted by Gasteiger charge is -2.28. The molecule has 0 aliphatic carbocycles. The fourth-order valence-electron chi connectivity index (χ4n) is 2.56. The Hall–Kier alpha value is -1.88. The highest BCUT2D eigenvalue weighted by molar-refractivity contribution is 5.92. The number of nitrogens with zero attached hydrogens (tertiary/aromatic N) is 2. The molecule has 108 valence electrons. The molecule has 2 N–H and O–H groups in total. The number of aliphatic hydroxyl groups excluding tert-OH is 1. The van der Waals surface area contributed by atoms with Gasteiger partial charge in [0.05, 0.1) is 16.6 Å². The predicted molar refractivity (Wildman–Crippen MR) is 77.1 cm³/mol. The Morgan fingerprint density at radius 2 is 2.10 bits per heavy atom. The normalized spacial score (nSPS) is 12.0. The van der Waals surface area contributed by atoms with Gasteiger partial charge in [0.15, 0.2) is 0 Å². The van der Waals surface area contributed by atoms with Crippen LogP contribution in [0.2, 0.25) is 0 Å². The Labute approximate surface area is 117 Å². The van der Waals surface area contributed by atoms with E-state index in [0.29, 0.717) is 11.9 Å². The molecule has 0 bridgehead atoms. The average molecular weight is 276 g/mol. The number of carboxylic acids is 1. The van der Waals surface area contributed by atoms with Gasteiger partial charge in [0.2, 0.25) is 0 Å². The summed E-state index contributed by atoms with van der Waals surface area (Å²) in [4.78, 5) is 15.6. The number of benzene rings is 1. The van der Waals surface area contributed by atoms with Crippen LogP contribution in [0.15, 0.2) is 18.2 Å². The van der Waals surface area contributed by atoms with Crippen molar-refractivity contribution in [3.8, 4) is 0 Å². The highest BCUT2D eigenvalue weighted by Gasteiger charge is 2.25. The van der Waals surface area contributed by atoms with Crippen LogP contribution in [0.4, 0.5) is 0 Å². The zero-order chi connectivity index (χ0) is 14.9. The van der Waals surface area contributed by atoms with Gasteiger partial charge >= 0.3 is 5.97 Å². The van der Waals surface area contributed by atoms with Gasteiger partial charge in [-0.2, -0.15) is 0 Å². The summed E-state index contributed by atoms with van der Waals surface area (Å²) in [5.41, 5.74) is 1.57. The van der Waals surface area contributed by atoms with Crippen molar-refractivity contribution < 1.29 is 15.0 Å². The number of aromatic carboxylic acids is 1. The molecular formula is C15H20N2O3.